The van der Waals surface area contributed by atoms with Gasteiger partial charge in [-0.1, -0.05) is 39.0 Å². The molecule has 1 heterocycles. The molecule has 2 rings (SSSR count). The molecule has 0 aliphatic carbocycles. The van der Waals surface area contributed by atoms with Gasteiger partial charge in [0.15, 0.2) is 0 Å². The van der Waals surface area contributed by atoms with E-state index in [1.165, 1.54) is 5.56 Å². The van der Waals surface area contributed by atoms with Crippen LogP contribution in [0.4, 0.5) is 17.3 Å². The van der Waals surface area contributed by atoms with Crippen molar-refractivity contribution in [2.24, 2.45) is 5.92 Å². The van der Waals surface area contributed by atoms with Crippen LogP contribution >= 0.6 is 0 Å². The maximum atomic E-state index is 4.29. The number of benzene rings is 1. The lowest BCUT2D eigenvalue weighted by atomic mass is 10.1. The Morgan fingerprint density at radius 3 is 2.62 bits per heavy atom. The van der Waals surface area contributed by atoms with Crippen LogP contribution in [0.15, 0.2) is 36.7 Å². The van der Waals surface area contributed by atoms with Crippen LogP contribution in [0.25, 0.3) is 0 Å². The van der Waals surface area contributed by atoms with E-state index in [4.69, 9.17) is 0 Å². The minimum atomic E-state index is 0.688. The Bertz CT molecular complexity index is 566. The SMILES string of the molecule is CCc1ccccc1Nc1cc(NCCC(C)C)ncn1. The molecule has 0 radical (unpaired) electrons. The standard InChI is InChI=1S/C17H24N4/c1-4-14-7-5-6-8-15(14)21-17-11-16(19-12-20-17)18-10-9-13(2)3/h5-8,11-13H,4,9-10H2,1-3H3,(H2,18,19,20,21). The van der Waals surface area contributed by atoms with E-state index < -0.39 is 0 Å². The van der Waals surface area contributed by atoms with E-state index in [2.05, 4.69) is 59.6 Å². The maximum absolute atomic E-state index is 4.29. The van der Waals surface area contributed by atoms with Gasteiger partial charge in [0.2, 0.25) is 0 Å². The fourth-order valence-electron chi connectivity index (χ4n) is 2.10. The lowest BCUT2D eigenvalue weighted by Crippen LogP contribution is -2.07. The van der Waals surface area contributed by atoms with E-state index in [0.717, 1.165) is 36.7 Å². The van der Waals surface area contributed by atoms with Gasteiger partial charge in [0, 0.05) is 18.3 Å². The lowest BCUT2D eigenvalue weighted by Gasteiger charge is -2.11. The first-order valence-corrected chi connectivity index (χ1v) is 7.60. The van der Waals surface area contributed by atoms with E-state index in [-0.39, 0.29) is 0 Å². The Balaban J connectivity index is 2.03. The second-order valence-electron chi connectivity index (χ2n) is 5.53. The molecule has 0 bridgehead atoms. The summed E-state index contributed by atoms with van der Waals surface area (Å²) in [5.74, 6) is 2.37. The number of nitrogens with one attached hydrogen (secondary N) is 2. The third kappa shape index (κ3) is 4.74. The van der Waals surface area contributed by atoms with E-state index in [9.17, 15) is 0 Å². The predicted octanol–water partition coefficient (Wildman–Crippen LogP) is 4.24. The number of aromatic nitrogens is 2. The van der Waals surface area contributed by atoms with Gasteiger partial charge in [-0.3, -0.25) is 0 Å². The molecule has 0 aliphatic rings. The molecule has 112 valence electrons. The molecule has 0 spiro atoms. The number of hydrogen-bond acceptors (Lipinski definition) is 4. The fourth-order valence-corrected chi connectivity index (χ4v) is 2.10. The molecule has 0 saturated carbocycles. The maximum Gasteiger partial charge on any atom is 0.135 e. The quantitative estimate of drug-likeness (QED) is 0.798. The Kier molecular flexibility index (Phi) is 5.55. The summed E-state index contributed by atoms with van der Waals surface area (Å²) in [7, 11) is 0. The summed E-state index contributed by atoms with van der Waals surface area (Å²) < 4.78 is 0. The van der Waals surface area contributed by atoms with Crippen LogP contribution < -0.4 is 10.6 Å². The van der Waals surface area contributed by atoms with Crippen LogP contribution in [0.2, 0.25) is 0 Å². The molecule has 1 aromatic heterocycles. The molecule has 4 nitrogen and oxygen atoms in total. The van der Waals surface area contributed by atoms with Crippen molar-refractivity contribution in [3.8, 4) is 0 Å². The lowest BCUT2D eigenvalue weighted by molar-refractivity contribution is 0.606. The molecule has 4 heteroatoms. The minimum absolute atomic E-state index is 0.688. The normalized spacial score (nSPS) is 10.7. The monoisotopic (exact) mass is 284 g/mol. The molecule has 2 aromatic rings. The molecule has 2 N–H and O–H groups in total. The van der Waals surface area contributed by atoms with Gasteiger partial charge in [0.1, 0.15) is 18.0 Å². The van der Waals surface area contributed by atoms with E-state index in [1.54, 1.807) is 6.33 Å². The summed E-state index contributed by atoms with van der Waals surface area (Å²) in [5, 5.41) is 6.71. The summed E-state index contributed by atoms with van der Waals surface area (Å²) in [6.45, 7) is 7.52. The number of nitrogens with zero attached hydrogens (tertiary/aromatic N) is 2. The summed E-state index contributed by atoms with van der Waals surface area (Å²) >= 11 is 0. The molecule has 0 atom stereocenters. The van der Waals surface area contributed by atoms with Crippen molar-refractivity contribution in [2.45, 2.75) is 33.6 Å². The van der Waals surface area contributed by atoms with E-state index >= 15 is 0 Å². The summed E-state index contributed by atoms with van der Waals surface area (Å²) in [4.78, 5) is 8.55. The van der Waals surface area contributed by atoms with Crippen LogP contribution in [-0.4, -0.2) is 16.5 Å². The molecule has 0 unspecified atom stereocenters. The Morgan fingerprint density at radius 2 is 1.86 bits per heavy atom. The van der Waals surface area contributed by atoms with Crippen molar-refractivity contribution in [1.29, 1.82) is 0 Å². The van der Waals surface area contributed by atoms with Gasteiger partial charge in [-0.15, -0.1) is 0 Å². The first kappa shape index (κ1) is 15.3. The summed E-state index contributed by atoms with van der Waals surface area (Å²) in [5.41, 5.74) is 2.39. The average molecular weight is 284 g/mol. The van der Waals surface area contributed by atoms with Gasteiger partial charge >= 0.3 is 0 Å². The van der Waals surface area contributed by atoms with Gasteiger partial charge in [0.05, 0.1) is 0 Å². The van der Waals surface area contributed by atoms with Crippen molar-refractivity contribution < 1.29 is 0 Å². The molecule has 0 saturated heterocycles. The van der Waals surface area contributed by atoms with Crippen LogP contribution in [0, 0.1) is 5.92 Å². The van der Waals surface area contributed by atoms with Crippen LogP contribution in [0.1, 0.15) is 32.8 Å². The summed E-state index contributed by atoms with van der Waals surface area (Å²) in [6, 6.07) is 10.2. The number of rotatable bonds is 7. The Morgan fingerprint density at radius 1 is 1.10 bits per heavy atom. The topological polar surface area (TPSA) is 49.8 Å². The zero-order valence-corrected chi connectivity index (χ0v) is 13.1. The van der Waals surface area contributed by atoms with Crippen molar-refractivity contribution in [3.05, 3.63) is 42.2 Å². The zero-order valence-electron chi connectivity index (χ0n) is 13.1. The van der Waals surface area contributed by atoms with Crippen molar-refractivity contribution in [3.63, 3.8) is 0 Å². The Hall–Kier alpha value is -2.10. The highest BCUT2D eigenvalue weighted by Crippen LogP contribution is 2.20. The molecule has 0 aliphatic heterocycles. The van der Waals surface area contributed by atoms with Crippen LogP contribution in [0.3, 0.4) is 0 Å². The molecule has 0 fully saturated rings. The number of aryl methyl sites for hydroxylation is 1. The first-order valence-electron chi connectivity index (χ1n) is 7.60. The molecule has 21 heavy (non-hydrogen) atoms. The molecular formula is C17H24N4. The highest BCUT2D eigenvalue weighted by atomic mass is 15.1. The second-order valence-corrected chi connectivity index (χ2v) is 5.53. The highest BCUT2D eigenvalue weighted by Gasteiger charge is 2.03. The van der Waals surface area contributed by atoms with Gasteiger partial charge in [0.25, 0.3) is 0 Å². The van der Waals surface area contributed by atoms with Crippen molar-refractivity contribution in [2.75, 3.05) is 17.2 Å². The van der Waals surface area contributed by atoms with Crippen molar-refractivity contribution in [1.82, 2.24) is 9.97 Å². The zero-order chi connectivity index (χ0) is 15.1. The molecular weight excluding hydrogens is 260 g/mol. The van der Waals surface area contributed by atoms with Crippen LogP contribution in [0.5, 0.6) is 0 Å². The van der Waals surface area contributed by atoms with Gasteiger partial charge < -0.3 is 10.6 Å². The van der Waals surface area contributed by atoms with Gasteiger partial charge in [-0.05, 0) is 30.4 Å². The minimum Gasteiger partial charge on any atom is -0.370 e. The smallest absolute Gasteiger partial charge is 0.135 e. The third-order valence-corrected chi connectivity index (χ3v) is 3.36. The fraction of sp³-hybridized carbons (Fsp3) is 0.412. The number of hydrogen-bond donors (Lipinski definition) is 2. The van der Waals surface area contributed by atoms with Crippen molar-refractivity contribution >= 4 is 17.3 Å². The Labute approximate surface area is 127 Å². The van der Waals surface area contributed by atoms with Gasteiger partial charge in [-0.25, -0.2) is 9.97 Å². The highest BCUT2D eigenvalue weighted by molar-refractivity contribution is 5.62. The molecule has 0 amide bonds. The summed E-state index contributed by atoms with van der Waals surface area (Å²) in [6.07, 6.45) is 3.72. The molecule has 1 aromatic carbocycles. The largest absolute Gasteiger partial charge is 0.370 e. The number of para-hydroxylation sites is 1. The average Bonchev–Trinajstić information content (AvgIpc) is 2.48. The predicted molar refractivity (Wildman–Crippen MR) is 89.1 cm³/mol. The number of anilines is 3. The van der Waals surface area contributed by atoms with E-state index in [0.29, 0.717) is 5.92 Å². The van der Waals surface area contributed by atoms with E-state index in [1.807, 2.05) is 12.1 Å². The third-order valence-electron chi connectivity index (χ3n) is 3.36. The first-order chi connectivity index (χ1) is 10.2. The second kappa shape index (κ2) is 7.62. The van der Waals surface area contributed by atoms with Gasteiger partial charge in [-0.2, -0.15) is 0 Å². The van der Waals surface area contributed by atoms with Crippen LogP contribution in [-0.2, 0) is 6.42 Å².